The molecule has 0 aliphatic carbocycles. The highest BCUT2D eigenvalue weighted by Crippen LogP contribution is 2.28. The summed E-state index contributed by atoms with van der Waals surface area (Å²) in [6, 6.07) is 22.0. The van der Waals surface area contributed by atoms with Gasteiger partial charge in [0.05, 0.1) is 6.10 Å². The highest BCUT2D eigenvalue weighted by molar-refractivity contribution is 7.98. The first-order chi connectivity index (χ1) is 16.6. The zero-order chi connectivity index (χ0) is 23.5. The number of thioether (sulfide) groups is 1. The lowest BCUT2D eigenvalue weighted by atomic mass is 10.0. The van der Waals surface area contributed by atoms with Gasteiger partial charge in [0.2, 0.25) is 5.91 Å². The largest absolute Gasteiger partial charge is 0.368 e. The van der Waals surface area contributed by atoms with Crippen molar-refractivity contribution < 1.29 is 19.1 Å². The first-order valence-electron chi connectivity index (χ1n) is 11.5. The zero-order valence-corrected chi connectivity index (χ0v) is 19.5. The fourth-order valence-corrected chi connectivity index (χ4v) is 5.75. The molecule has 5 rings (SSSR count). The van der Waals surface area contributed by atoms with Crippen molar-refractivity contribution in [2.75, 3.05) is 18.9 Å². The number of Topliss-reactive ketones (excluding diaryl/α,β-unsaturated/α-hetero) is 1. The molecule has 1 N–H and O–H groups in total. The van der Waals surface area contributed by atoms with Crippen LogP contribution in [-0.2, 0) is 20.1 Å². The van der Waals surface area contributed by atoms with E-state index in [-0.39, 0.29) is 30.3 Å². The Balaban J connectivity index is 1.36. The zero-order valence-electron chi connectivity index (χ0n) is 18.7. The summed E-state index contributed by atoms with van der Waals surface area (Å²) in [7, 11) is 0. The molecule has 6 nitrogen and oxygen atoms in total. The van der Waals surface area contributed by atoms with Crippen LogP contribution in [0.5, 0.6) is 0 Å². The highest BCUT2D eigenvalue weighted by atomic mass is 32.2. The maximum Gasteiger partial charge on any atom is 0.252 e. The van der Waals surface area contributed by atoms with E-state index in [0.29, 0.717) is 24.3 Å². The number of nitrogens with one attached hydrogen (secondary N) is 1. The number of benzene rings is 3. The Kier molecular flexibility index (Phi) is 6.65. The number of ether oxygens (including phenoxy) is 1. The quantitative estimate of drug-likeness (QED) is 0.568. The van der Waals surface area contributed by atoms with Crippen molar-refractivity contribution in [3.8, 4) is 0 Å². The third kappa shape index (κ3) is 4.58. The Morgan fingerprint density at radius 1 is 1.03 bits per heavy atom. The number of hydrogen-bond acceptors (Lipinski definition) is 5. The molecule has 2 fully saturated rings. The van der Waals surface area contributed by atoms with Gasteiger partial charge in [-0.3, -0.25) is 14.4 Å². The molecule has 2 aliphatic heterocycles. The van der Waals surface area contributed by atoms with Crippen LogP contribution in [0.4, 0.5) is 0 Å². The summed E-state index contributed by atoms with van der Waals surface area (Å²) in [6.45, 7) is 0.513. The second-order valence-electron chi connectivity index (χ2n) is 8.63. The molecule has 3 unspecified atom stereocenters. The topological polar surface area (TPSA) is 75.7 Å². The Bertz CT molecular complexity index is 1210. The Labute approximate surface area is 202 Å². The van der Waals surface area contributed by atoms with E-state index in [1.807, 2.05) is 66.7 Å². The molecule has 2 heterocycles. The molecule has 2 aliphatic rings. The van der Waals surface area contributed by atoms with E-state index in [1.54, 1.807) is 22.7 Å². The number of rotatable bonds is 7. The molecule has 2 saturated heterocycles. The molecule has 0 radical (unpaired) electrons. The standard InChI is InChI=1S/C27H26N2O4S/c30-23-15-33-24-13-14-29(25(23)24)27(32)22(17-34-16-18-7-2-1-3-8-18)28-26(31)21-12-6-10-19-9-4-5-11-20(19)21/h1-12,22,24-25H,13-17H2,(H,28,31). The van der Waals surface area contributed by atoms with E-state index in [1.165, 1.54) is 0 Å². The van der Waals surface area contributed by atoms with Crippen LogP contribution in [0.15, 0.2) is 72.8 Å². The van der Waals surface area contributed by atoms with E-state index in [0.717, 1.165) is 22.1 Å². The average molecular weight is 475 g/mol. The SMILES string of the molecule is O=C(NC(CSCc1ccccc1)C(=O)N1CCC2OCC(=O)C21)c1cccc2ccccc12. The predicted octanol–water partition coefficient (Wildman–Crippen LogP) is 3.44. The highest BCUT2D eigenvalue weighted by Gasteiger charge is 2.48. The van der Waals surface area contributed by atoms with Gasteiger partial charge in [-0.05, 0) is 28.8 Å². The number of hydrogen-bond donors (Lipinski definition) is 1. The van der Waals surface area contributed by atoms with Gasteiger partial charge in [0.25, 0.3) is 5.91 Å². The van der Waals surface area contributed by atoms with Crippen LogP contribution in [0.1, 0.15) is 22.3 Å². The van der Waals surface area contributed by atoms with Gasteiger partial charge in [0.15, 0.2) is 5.78 Å². The minimum absolute atomic E-state index is 0.0505. The summed E-state index contributed by atoms with van der Waals surface area (Å²) in [5.41, 5.74) is 1.68. The van der Waals surface area contributed by atoms with Crippen LogP contribution >= 0.6 is 11.8 Å². The van der Waals surface area contributed by atoms with Gasteiger partial charge in [-0.15, -0.1) is 0 Å². The number of nitrogens with zero attached hydrogens (tertiary/aromatic N) is 1. The molecule has 3 aromatic rings. The third-order valence-corrected chi connectivity index (χ3v) is 7.54. The summed E-state index contributed by atoms with van der Waals surface area (Å²) < 4.78 is 5.55. The molecular formula is C27H26N2O4S. The van der Waals surface area contributed by atoms with Gasteiger partial charge < -0.3 is 15.0 Å². The summed E-state index contributed by atoms with van der Waals surface area (Å²) in [4.78, 5) is 40.9. The van der Waals surface area contributed by atoms with E-state index in [2.05, 4.69) is 5.32 Å². The third-order valence-electron chi connectivity index (χ3n) is 6.43. The molecule has 3 atom stereocenters. The van der Waals surface area contributed by atoms with E-state index < -0.39 is 12.1 Å². The van der Waals surface area contributed by atoms with E-state index >= 15 is 0 Å². The number of amides is 2. The van der Waals surface area contributed by atoms with Crippen LogP contribution in [0.2, 0.25) is 0 Å². The van der Waals surface area contributed by atoms with Gasteiger partial charge in [-0.1, -0.05) is 66.7 Å². The molecule has 0 aromatic heterocycles. The van der Waals surface area contributed by atoms with Crippen molar-refractivity contribution in [1.82, 2.24) is 10.2 Å². The number of likely N-dealkylation sites (tertiary alicyclic amines) is 1. The van der Waals surface area contributed by atoms with Crippen LogP contribution in [-0.4, -0.2) is 59.6 Å². The molecule has 0 saturated carbocycles. The van der Waals surface area contributed by atoms with Crippen molar-refractivity contribution in [3.63, 3.8) is 0 Å². The van der Waals surface area contributed by atoms with Crippen LogP contribution < -0.4 is 5.32 Å². The fraction of sp³-hybridized carbons (Fsp3) is 0.296. The molecule has 7 heteroatoms. The molecule has 174 valence electrons. The minimum atomic E-state index is -0.743. The summed E-state index contributed by atoms with van der Waals surface area (Å²) >= 11 is 1.59. The van der Waals surface area contributed by atoms with Crippen molar-refractivity contribution in [1.29, 1.82) is 0 Å². The second kappa shape index (κ2) is 9.99. The lowest BCUT2D eigenvalue weighted by molar-refractivity contribution is -0.137. The number of carbonyl (C=O) groups excluding carboxylic acids is 3. The molecule has 2 amide bonds. The lowest BCUT2D eigenvalue weighted by Crippen LogP contribution is -2.53. The smallest absolute Gasteiger partial charge is 0.252 e. The number of carbonyl (C=O) groups is 3. The van der Waals surface area contributed by atoms with Gasteiger partial charge in [0, 0.05) is 23.6 Å². The van der Waals surface area contributed by atoms with E-state index in [4.69, 9.17) is 4.74 Å². The van der Waals surface area contributed by atoms with E-state index in [9.17, 15) is 14.4 Å². The van der Waals surface area contributed by atoms with Crippen molar-refractivity contribution in [2.24, 2.45) is 0 Å². The number of ketones is 1. The summed E-state index contributed by atoms with van der Waals surface area (Å²) in [6.07, 6.45) is 0.409. The Morgan fingerprint density at radius 2 is 1.79 bits per heavy atom. The molecule has 0 bridgehead atoms. The molecular weight excluding hydrogens is 448 g/mol. The van der Waals surface area contributed by atoms with Crippen molar-refractivity contribution >= 4 is 40.1 Å². The maximum absolute atomic E-state index is 13.6. The molecule has 34 heavy (non-hydrogen) atoms. The lowest BCUT2D eigenvalue weighted by Gasteiger charge is -2.27. The summed E-state index contributed by atoms with van der Waals surface area (Å²) in [5.74, 6) is 0.559. The Morgan fingerprint density at radius 3 is 2.65 bits per heavy atom. The molecule has 3 aromatic carbocycles. The van der Waals surface area contributed by atoms with Gasteiger partial charge in [-0.25, -0.2) is 0 Å². The Hall–Kier alpha value is -3.16. The average Bonchev–Trinajstić information content (AvgIpc) is 3.46. The minimum Gasteiger partial charge on any atom is -0.368 e. The van der Waals surface area contributed by atoms with Gasteiger partial charge >= 0.3 is 0 Å². The van der Waals surface area contributed by atoms with Crippen LogP contribution in [0, 0.1) is 0 Å². The van der Waals surface area contributed by atoms with Gasteiger partial charge in [-0.2, -0.15) is 11.8 Å². The monoisotopic (exact) mass is 474 g/mol. The first-order valence-corrected chi connectivity index (χ1v) is 12.6. The van der Waals surface area contributed by atoms with Crippen molar-refractivity contribution in [2.45, 2.75) is 30.4 Å². The first kappa shape index (κ1) is 22.6. The second-order valence-corrected chi connectivity index (χ2v) is 9.66. The van der Waals surface area contributed by atoms with Crippen LogP contribution in [0.25, 0.3) is 10.8 Å². The number of fused-ring (bicyclic) bond motifs is 2. The van der Waals surface area contributed by atoms with Gasteiger partial charge in [0.1, 0.15) is 18.7 Å². The maximum atomic E-state index is 13.6. The molecule has 0 spiro atoms. The predicted molar refractivity (Wildman–Crippen MR) is 133 cm³/mol. The normalized spacial score (nSPS) is 20.4. The summed E-state index contributed by atoms with van der Waals surface area (Å²) in [5, 5.41) is 4.78. The fourth-order valence-electron chi connectivity index (χ4n) is 4.74. The van der Waals surface area contributed by atoms with Crippen LogP contribution in [0.3, 0.4) is 0 Å². The van der Waals surface area contributed by atoms with Crippen molar-refractivity contribution in [3.05, 3.63) is 83.9 Å².